The van der Waals surface area contributed by atoms with Gasteiger partial charge in [-0.05, 0) is 75.0 Å². The first-order valence-electron chi connectivity index (χ1n) is 18.3. The van der Waals surface area contributed by atoms with Gasteiger partial charge in [-0.15, -0.1) is 0 Å². The normalized spacial score (nSPS) is 14.1. The van der Waals surface area contributed by atoms with Crippen LogP contribution in [0.4, 0.5) is 0 Å². The monoisotopic (exact) mass is 858 g/mol. The second kappa shape index (κ2) is 40.5. The Labute approximate surface area is 327 Å². The number of rotatable bonds is 26. The first-order chi connectivity index (χ1) is 23.1. The summed E-state index contributed by atoms with van der Waals surface area (Å²) in [5.74, 6) is 1.92. The number of carboxylic acids is 3. The summed E-state index contributed by atoms with van der Waals surface area (Å²) in [5.41, 5.74) is 0. The van der Waals surface area contributed by atoms with Gasteiger partial charge < -0.3 is 29.7 Å². The number of thioether (sulfide) groups is 3. The molecule has 0 aromatic carbocycles. The zero-order valence-electron chi connectivity index (χ0n) is 32.5. The van der Waals surface area contributed by atoms with Crippen LogP contribution in [-0.4, -0.2) is 86.5 Å². The summed E-state index contributed by atoms with van der Waals surface area (Å²) in [5, 5.41) is 30.3. The Morgan fingerprint density at radius 3 is 0.980 bits per heavy atom. The molecule has 288 valence electrons. The van der Waals surface area contributed by atoms with Crippen LogP contribution in [0.15, 0.2) is 0 Å². The molecule has 0 aliphatic rings. The van der Waals surface area contributed by atoms with Crippen LogP contribution < -0.4 is 15.3 Å². The zero-order chi connectivity index (χ0) is 38.6. The maximum absolute atomic E-state index is 10.5. The van der Waals surface area contributed by atoms with Crippen LogP contribution >= 0.6 is 35.3 Å². The molecule has 0 bridgehead atoms. The number of hydrogen-bond acceptors (Lipinski definition) is 11. The van der Waals surface area contributed by atoms with Gasteiger partial charge in [0.1, 0.15) is 0 Å². The average Bonchev–Trinajstić information content (AvgIpc) is 3.08. The molecule has 0 aromatic rings. The van der Waals surface area contributed by atoms with Gasteiger partial charge in [-0.1, -0.05) is 99.3 Å². The van der Waals surface area contributed by atoms with Crippen LogP contribution in [0.5, 0.6) is 0 Å². The predicted octanol–water partition coefficient (Wildman–Crippen LogP) is 6.36. The van der Waals surface area contributed by atoms with Gasteiger partial charge in [-0.25, -0.2) is 0 Å². The summed E-state index contributed by atoms with van der Waals surface area (Å²) in [6, 6.07) is 0. The molecule has 0 amide bonds. The molecule has 0 spiro atoms. The van der Waals surface area contributed by atoms with E-state index in [2.05, 4.69) is 46.3 Å². The van der Waals surface area contributed by atoms with Gasteiger partial charge in [-0.3, -0.25) is 0 Å². The van der Waals surface area contributed by atoms with Crippen molar-refractivity contribution in [3.8, 4) is 0 Å². The number of carboxylic acid groups (broad SMARTS) is 3. The SMILES string of the molecule is CCCCC(CC)CSC(C)C(=O)[O-].CCCCC(CC)CSC(C)C(=O)[O-].CCCCC(CC)CSC(C)C(=O)[O-].COC(=O)C[CH2][Sn+3]. The van der Waals surface area contributed by atoms with Crippen molar-refractivity contribution in [1.29, 1.82) is 0 Å². The fraction of sp³-hybridized carbons (Fsp3) is 0.892. The summed E-state index contributed by atoms with van der Waals surface area (Å²) >= 11 is 5.91. The molecule has 0 radical (unpaired) electrons. The summed E-state index contributed by atoms with van der Waals surface area (Å²) < 4.78 is 5.32. The summed E-state index contributed by atoms with van der Waals surface area (Å²) in [6.07, 6.45) is 15.1. The molecule has 6 unspecified atom stereocenters. The van der Waals surface area contributed by atoms with Crippen molar-refractivity contribution in [2.45, 2.75) is 166 Å². The molecule has 8 nitrogen and oxygen atoms in total. The second-order valence-corrected chi connectivity index (χ2v) is 17.8. The van der Waals surface area contributed by atoms with Gasteiger partial charge in [-0.2, -0.15) is 35.3 Å². The van der Waals surface area contributed by atoms with Crippen LogP contribution in [0.1, 0.15) is 146 Å². The Morgan fingerprint density at radius 2 is 0.837 bits per heavy atom. The molecule has 0 saturated carbocycles. The molecule has 12 heteroatoms. The molecule has 0 saturated heterocycles. The number of aliphatic carboxylic acids is 3. The third kappa shape index (κ3) is 40.4. The van der Waals surface area contributed by atoms with E-state index in [4.69, 9.17) is 0 Å². The fourth-order valence-electron chi connectivity index (χ4n) is 3.94. The number of esters is 1. The van der Waals surface area contributed by atoms with Crippen molar-refractivity contribution < 1.29 is 39.2 Å². The van der Waals surface area contributed by atoms with Crippen LogP contribution in [0, 0.1) is 17.8 Å². The molecule has 0 fully saturated rings. The van der Waals surface area contributed by atoms with Crippen molar-refractivity contribution in [3.63, 3.8) is 0 Å². The van der Waals surface area contributed by atoms with Gasteiger partial charge in [0.05, 0.1) is 17.9 Å². The van der Waals surface area contributed by atoms with Crippen LogP contribution in [-0.2, 0) is 23.9 Å². The zero-order valence-corrected chi connectivity index (χ0v) is 37.8. The van der Waals surface area contributed by atoms with Gasteiger partial charge in [0, 0.05) is 15.7 Å². The van der Waals surface area contributed by atoms with Crippen molar-refractivity contribution in [2.75, 3.05) is 24.4 Å². The molecule has 6 atom stereocenters. The minimum atomic E-state index is -0.944. The molecular weight excluding hydrogens is 787 g/mol. The third-order valence-electron chi connectivity index (χ3n) is 7.93. The standard InChI is InChI=1S/3C11H22O2S.C4H7O2.Sn/c3*1-4-6-7-10(5-2)8-14-9(3)11(12)13;1-3-4(5)6-2;/h3*9-10H,4-8H2,1-3H3,(H,12,13);1,3H2,2H3;/q;;;;+3/p-3. The number of methoxy groups -OCH3 is 1. The quantitative estimate of drug-likeness (QED) is 0.0708. The first kappa shape index (κ1) is 55.5. The van der Waals surface area contributed by atoms with Crippen LogP contribution in [0.3, 0.4) is 0 Å². The third-order valence-corrected chi connectivity index (χ3v) is 12.7. The average molecular weight is 858 g/mol. The molecule has 0 aliphatic carbocycles. The molecule has 0 heterocycles. The molecule has 0 rings (SSSR count). The van der Waals surface area contributed by atoms with Gasteiger partial charge in [0.25, 0.3) is 0 Å². The molecule has 49 heavy (non-hydrogen) atoms. The predicted molar refractivity (Wildman–Crippen MR) is 208 cm³/mol. The van der Waals surface area contributed by atoms with E-state index in [0.717, 1.165) is 41.0 Å². The molecule has 0 aliphatic heterocycles. The van der Waals surface area contributed by atoms with E-state index < -0.39 is 17.9 Å². The Kier molecular flexibility index (Phi) is 45.9. The minimum absolute atomic E-state index is 0.100. The summed E-state index contributed by atoms with van der Waals surface area (Å²) in [7, 11) is 1.41. The van der Waals surface area contributed by atoms with Crippen LogP contribution in [0.25, 0.3) is 0 Å². The Morgan fingerprint density at radius 1 is 0.571 bits per heavy atom. The Hall–Kier alpha value is -0.271. The fourth-order valence-corrected chi connectivity index (χ4v) is 7.82. The Bertz CT molecular complexity index is 705. The van der Waals surface area contributed by atoms with E-state index in [1.165, 1.54) is 123 Å². The topological polar surface area (TPSA) is 147 Å². The van der Waals surface area contributed by atoms with Gasteiger partial charge >= 0.3 is 56.0 Å². The van der Waals surface area contributed by atoms with Crippen LogP contribution in [0.2, 0.25) is 4.44 Å². The summed E-state index contributed by atoms with van der Waals surface area (Å²) in [4.78, 5) is 41.7. The molecule has 0 N–H and O–H groups in total. The van der Waals surface area contributed by atoms with Gasteiger partial charge in [0.15, 0.2) is 0 Å². The van der Waals surface area contributed by atoms with E-state index in [-0.39, 0.29) is 21.7 Å². The summed E-state index contributed by atoms with van der Waals surface area (Å²) in [6.45, 7) is 18.2. The van der Waals surface area contributed by atoms with E-state index in [9.17, 15) is 34.5 Å². The molecule has 0 aromatic heterocycles. The van der Waals surface area contributed by atoms with E-state index in [1.807, 2.05) is 0 Å². The number of hydrogen-bond donors (Lipinski definition) is 0. The number of ether oxygens (including phenoxy) is 1. The van der Waals surface area contributed by atoms with Crippen molar-refractivity contribution in [2.24, 2.45) is 17.8 Å². The van der Waals surface area contributed by atoms with E-state index in [1.54, 1.807) is 20.8 Å². The van der Waals surface area contributed by atoms with Crippen molar-refractivity contribution in [3.05, 3.63) is 0 Å². The number of unbranched alkanes of at least 4 members (excludes halogenated alkanes) is 3. The van der Waals surface area contributed by atoms with Crippen molar-refractivity contribution in [1.82, 2.24) is 0 Å². The Balaban J connectivity index is -0.000000283. The van der Waals surface area contributed by atoms with Gasteiger partial charge in [0.2, 0.25) is 0 Å². The number of carbonyl (C=O) groups excluding carboxylic acids is 4. The number of carbonyl (C=O) groups is 4. The van der Waals surface area contributed by atoms with E-state index >= 15 is 0 Å². The first-order valence-corrected chi connectivity index (χ1v) is 23.5. The van der Waals surface area contributed by atoms with Crippen molar-refractivity contribution >= 4 is 81.7 Å². The second-order valence-electron chi connectivity index (χ2n) is 12.2. The molecular formula is C37H70O8S3Sn. The maximum atomic E-state index is 10.5. The van der Waals surface area contributed by atoms with E-state index in [0.29, 0.717) is 24.2 Å².